The van der Waals surface area contributed by atoms with Gasteiger partial charge in [0.05, 0.1) is 0 Å². The van der Waals surface area contributed by atoms with Crippen LogP contribution in [0.3, 0.4) is 0 Å². The topological polar surface area (TPSA) is 137 Å². The number of nitrogen functional groups attached to an aromatic ring is 1. The molecule has 1 aromatic heterocycles. The Kier molecular flexibility index (Phi) is 5.51. The average molecular weight is 385 g/mol. The number of carboxylic acids is 2. The van der Waals surface area contributed by atoms with Crippen LogP contribution in [-0.2, 0) is 6.54 Å². The molecule has 0 unspecified atom stereocenters. The lowest BCUT2D eigenvalue weighted by molar-refractivity contribution is 0.0695. The second kappa shape index (κ2) is 7.85. The molecule has 1 saturated heterocycles. The summed E-state index contributed by atoms with van der Waals surface area (Å²) in [5.74, 6) is -2.59. The Balaban J connectivity index is 2.18. The first kappa shape index (κ1) is 19.6. The Hall–Kier alpha value is -3.13. The number of rotatable bonds is 5. The molecule has 0 atom stereocenters. The zero-order chi connectivity index (χ0) is 20.4. The fraction of sp³-hybridized carbons (Fsp3) is 0.350. The zero-order valence-electron chi connectivity index (χ0n) is 15.6. The van der Waals surface area contributed by atoms with Crippen LogP contribution >= 0.6 is 0 Å². The van der Waals surface area contributed by atoms with Gasteiger partial charge in [0, 0.05) is 12.1 Å². The summed E-state index contributed by atoms with van der Waals surface area (Å²) in [5, 5.41) is 19.2. The van der Waals surface area contributed by atoms with Crippen LogP contribution in [0, 0.1) is 5.92 Å². The van der Waals surface area contributed by atoms with Crippen LogP contribution in [0.25, 0.3) is 11.1 Å². The fourth-order valence-electron chi connectivity index (χ4n) is 3.68. The van der Waals surface area contributed by atoms with E-state index in [9.17, 15) is 24.6 Å². The molecule has 3 rings (SSSR count). The number of carbonyl (C=O) groups is 2. The highest BCUT2D eigenvalue weighted by atomic mass is 16.4. The molecule has 0 amide bonds. The van der Waals surface area contributed by atoms with Crippen molar-refractivity contribution in [2.45, 2.75) is 26.3 Å². The van der Waals surface area contributed by atoms with Crippen molar-refractivity contribution < 1.29 is 19.8 Å². The molecular formula is C20H23N3O5. The van der Waals surface area contributed by atoms with Crippen LogP contribution in [0.2, 0.25) is 0 Å². The van der Waals surface area contributed by atoms with E-state index in [1.54, 1.807) is 12.1 Å². The van der Waals surface area contributed by atoms with Gasteiger partial charge in [-0.2, -0.15) is 0 Å². The summed E-state index contributed by atoms with van der Waals surface area (Å²) in [6, 6.07) is 6.95. The van der Waals surface area contributed by atoms with E-state index in [0.29, 0.717) is 18.0 Å². The number of anilines is 1. The molecule has 0 aliphatic carbocycles. The van der Waals surface area contributed by atoms with E-state index in [4.69, 9.17) is 5.73 Å². The standard InChI is InChI=1S/C20H23N3O5/c1-11-6-8-23(9-7-11)10-12-4-2-3-5-13(12)14-15(19(25)26)17(21)22-18(24)16(14)20(27)28/h2-5,11H,6-10H2,1H3,(H,25,26)(H,27,28)(H3,21,22,24). The SMILES string of the molecule is CC1CCN(Cc2ccccc2-c2c(C(=O)O)c(N)[nH]c(=O)c2C(=O)O)CC1. The molecule has 2 heterocycles. The quantitative estimate of drug-likeness (QED) is 0.619. The van der Waals surface area contributed by atoms with Gasteiger partial charge >= 0.3 is 11.9 Å². The van der Waals surface area contributed by atoms with Crippen molar-refractivity contribution in [3.63, 3.8) is 0 Å². The van der Waals surface area contributed by atoms with E-state index in [-0.39, 0.29) is 11.4 Å². The number of benzene rings is 1. The molecule has 0 saturated carbocycles. The van der Waals surface area contributed by atoms with Gasteiger partial charge in [0.25, 0.3) is 5.56 Å². The third-order valence-electron chi connectivity index (χ3n) is 5.23. The van der Waals surface area contributed by atoms with Crippen LogP contribution in [0.1, 0.15) is 46.0 Å². The number of nitrogens with zero attached hydrogens (tertiary/aromatic N) is 1. The molecule has 148 valence electrons. The average Bonchev–Trinajstić information content (AvgIpc) is 2.62. The number of aromatic nitrogens is 1. The molecule has 0 bridgehead atoms. The van der Waals surface area contributed by atoms with Crippen LogP contribution in [0.4, 0.5) is 5.82 Å². The molecular weight excluding hydrogens is 362 g/mol. The number of hydrogen-bond donors (Lipinski definition) is 4. The Morgan fingerprint density at radius 2 is 1.75 bits per heavy atom. The van der Waals surface area contributed by atoms with Crippen molar-refractivity contribution in [2.24, 2.45) is 5.92 Å². The largest absolute Gasteiger partial charge is 0.478 e. The third kappa shape index (κ3) is 3.77. The Bertz CT molecular complexity index is 974. The maximum absolute atomic E-state index is 12.3. The molecule has 8 heteroatoms. The number of nitrogens with two attached hydrogens (primary N) is 1. The van der Waals surface area contributed by atoms with E-state index in [2.05, 4.69) is 16.8 Å². The maximum Gasteiger partial charge on any atom is 0.342 e. The predicted molar refractivity (Wildman–Crippen MR) is 105 cm³/mol. The first-order chi connectivity index (χ1) is 13.3. The van der Waals surface area contributed by atoms with E-state index in [1.165, 1.54) is 0 Å². The first-order valence-corrected chi connectivity index (χ1v) is 9.12. The molecule has 2 aromatic rings. The Morgan fingerprint density at radius 1 is 1.14 bits per heavy atom. The van der Waals surface area contributed by atoms with Gasteiger partial charge in [-0.15, -0.1) is 0 Å². The normalized spacial score (nSPS) is 15.5. The number of carboxylic acid groups (broad SMARTS) is 2. The predicted octanol–water partition coefficient (Wildman–Crippen LogP) is 2.25. The van der Waals surface area contributed by atoms with Crippen LogP contribution in [-0.4, -0.2) is 45.1 Å². The van der Waals surface area contributed by atoms with E-state index < -0.39 is 28.6 Å². The zero-order valence-corrected chi connectivity index (χ0v) is 15.6. The van der Waals surface area contributed by atoms with E-state index in [1.807, 2.05) is 12.1 Å². The van der Waals surface area contributed by atoms with Crippen LogP contribution < -0.4 is 11.3 Å². The number of H-pyrrole nitrogens is 1. The molecule has 0 spiro atoms. The summed E-state index contributed by atoms with van der Waals surface area (Å²) in [5.41, 5.74) is 4.79. The van der Waals surface area contributed by atoms with Crippen molar-refractivity contribution >= 4 is 17.8 Å². The second-order valence-corrected chi connectivity index (χ2v) is 7.22. The monoisotopic (exact) mass is 385 g/mol. The summed E-state index contributed by atoms with van der Waals surface area (Å²) >= 11 is 0. The highest BCUT2D eigenvalue weighted by Crippen LogP contribution is 2.33. The van der Waals surface area contributed by atoms with Gasteiger partial charge in [-0.1, -0.05) is 31.2 Å². The molecule has 1 aliphatic heterocycles. The second-order valence-electron chi connectivity index (χ2n) is 7.22. The molecule has 1 fully saturated rings. The van der Waals surface area contributed by atoms with E-state index >= 15 is 0 Å². The van der Waals surface area contributed by atoms with E-state index in [0.717, 1.165) is 31.5 Å². The molecule has 1 aliphatic rings. The van der Waals surface area contributed by atoms with Crippen molar-refractivity contribution in [2.75, 3.05) is 18.8 Å². The first-order valence-electron chi connectivity index (χ1n) is 9.12. The number of piperidine rings is 1. The lowest BCUT2D eigenvalue weighted by atomic mass is 9.91. The smallest absolute Gasteiger partial charge is 0.342 e. The van der Waals surface area contributed by atoms with Gasteiger partial charge in [-0.25, -0.2) is 9.59 Å². The van der Waals surface area contributed by atoms with Crippen molar-refractivity contribution in [3.8, 4) is 11.1 Å². The van der Waals surface area contributed by atoms with Gasteiger partial charge in [0.1, 0.15) is 16.9 Å². The van der Waals surface area contributed by atoms with Crippen LogP contribution in [0.5, 0.6) is 0 Å². The van der Waals surface area contributed by atoms with Crippen LogP contribution in [0.15, 0.2) is 29.1 Å². The molecule has 8 nitrogen and oxygen atoms in total. The van der Waals surface area contributed by atoms with Gasteiger partial charge < -0.3 is 20.9 Å². The number of nitrogens with one attached hydrogen (secondary N) is 1. The highest BCUT2D eigenvalue weighted by Gasteiger charge is 2.28. The summed E-state index contributed by atoms with van der Waals surface area (Å²) in [6.45, 7) is 4.56. The Morgan fingerprint density at radius 3 is 2.36 bits per heavy atom. The lowest BCUT2D eigenvalue weighted by Crippen LogP contribution is -2.32. The minimum atomic E-state index is -1.50. The number of aromatic carboxylic acids is 2. The maximum atomic E-state index is 12.3. The molecule has 1 aromatic carbocycles. The minimum Gasteiger partial charge on any atom is -0.478 e. The highest BCUT2D eigenvalue weighted by molar-refractivity contribution is 6.07. The molecule has 5 N–H and O–H groups in total. The molecule has 0 radical (unpaired) electrons. The summed E-state index contributed by atoms with van der Waals surface area (Å²) < 4.78 is 0. The summed E-state index contributed by atoms with van der Waals surface area (Å²) in [4.78, 5) is 40.3. The third-order valence-corrected chi connectivity index (χ3v) is 5.23. The number of pyridine rings is 1. The summed E-state index contributed by atoms with van der Waals surface area (Å²) in [6.07, 6.45) is 2.14. The van der Waals surface area contributed by atoms with Crippen molar-refractivity contribution in [1.82, 2.24) is 9.88 Å². The Labute approximate surface area is 161 Å². The van der Waals surface area contributed by atoms with Gasteiger partial charge in [-0.05, 0) is 43.0 Å². The lowest BCUT2D eigenvalue weighted by Gasteiger charge is -2.31. The number of hydrogen-bond acceptors (Lipinski definition) is 5. The minimum absolute atomic E-state index is 0.151. The van der Waals surface area contributed by atoms with Crippen molar-refractivity contribution in [3.05, 3.63) is 51.3 Å². The van der Waals surface area contributed by atoms with Gasteiger partial charge in [-0.3, -0.25) is 9.69 Å². The number of aromatic amines is 1. The summed E-state index contributed by atoms with van der Waals surface area (Å²) in [7, 11) is 0. The van der Waals surface area contributed by atoms with Gasteiger partial charge in [0.2, 0.25) is 0 Å². The van der Waals surface area contributed by atoms with Crippen molar-refractivity contribution in [1.29, 1.82) is 0 Å². The molecule has 28 heavy (non-hydrogen) atoms. The fourth-order valence-corrected chi connectivity index (χ4v) is 3.68. The number of likely N-dealkylation sites (tertiary alicyclic amines) is 1. The van der Waals surface area contributed by atoms with Gasteiger partial charge in [0.15, 0.2) is 0 Å².